The van der Waals surface area contributed by atoms with Crippen LogP contribution in [0.1, 0.15) is 35.2 Å². The van der Waals surface area contributed by atoms with Gasteiger partial charge in [0.2, 0.25) is 11.7 Å². The Kier molecular flexibility index (Phi) is 5.81. The average Bonchev–Trinajstić information content (AvgIpc) is 3.14. The number of carbonyl (C=O) groups is 2. The topological polar surface area (TPSA) is 83.2 Å². The lowest BCUT2D eigenvalue weighted by atomic mass is 10.1. The molecule has 0 spiro atoms. The van der Waals surface area contributed by atoms with Crippen molar-refractivity contribution in [2.45, 2.75) is 32.5 Å². The number of benzene rings is 1. The summed E-state index contributed by atoms with van der Waals surface area (Å²) in [6, 6.07) is 10.6. The van der Waals surface area contributed by atoms with Gasteiger partial charge >= 0.3 is 5.97 Å². The summed E-state index contributed by atoms with van der Waals surface area (Å²) in [7, 11) is 1.85. The highest BCUT2D eigenvalue weighted by Crippen LogP contribution is 2.20. The fourth-order valence-electron chi connectivity index (χ4n) is 3.23. The zero-order chi connectivity index (χ0) is 19.4. The van der Waals surface area contributed by atoms with E-state index in [1.807, 2.05) is 38.2 Å². The maximum absolute atomic E-state index is 12.3. The van der Waals surface area contributed by atoms with Crippen LogP contribution in [-0.4, -0.2) is 53.0 Å². The lowest BCUT2D eigenvalue weighted by Crippen LogP contribution is -2.54. The summed E-state index contributed by atoms with van der Waals surface area (Å²) in [6.07, 6.45) is 0.797. The lowest BCUT2D eigenvalue weighted by molar-refractivity contribution is -0.140. The largest absolute Gasteiger partial charge is 0.486 e. The Balaban J connectivity index is 1.56. The van der Waals surface area contributed by atoms with E-state index in [-0.39, 0.29) is 24.3 Å². The lowest BCUT2D eigenvalue weighted by Gasteiger charge is -2.38. The zero-order valence-electron chi connectivity index (χ0n) is 15.6. The third-order valence-corrected chi connectivity index (χ3v) is 4.77. The second-order valence-electron chi connectivity index (χ2n) is 6.66. The van der Waals surface area contributed by atoms with Gasteiger partial charge in [0.05, 0.1) is 6.04 Å². The number of carboxylic acids is 1. The molecule has 1 saturated heterocycles. The summed E-state index contributed by atoms with van der Waals surface area (Å²) < 4.78 is 10.8. The molecule has 1 aliphatic heterocycles. The predicted molar refractivity (Wildman–Crippen MR) is 98.6 cm³/mol. The van der Waals surface area contributed by atoms with Crippen molar-refractivity contribution in [2.75, 3.05) is 20.1 Å². The first kappa shape index (κ1) is 19.0. The first-order valence-electron chi connectivity index (χ1n) is 9.00. The molecule has 27 heavy (non-hydrogen) atoms. The van der Waals surface area contributed by atoms with Crippen LogP contribution in [0.4, 0.5) is 0 Å². The Morgan fingerprint density at radius 2 is 1.96 bits per heavy atom. The molecule has 144 valence electrons. The van der Waals surface area contributed by atoms with Gasteiger partial charge in [-0.2, -0.15) is 0 Å². The molecule has 7 heteroatoms. The van der Waals surface area contributed by atoms with E-state index >= 15 is 0 Å². The third kappa shape index (κ3) is 4.49. The number of ether oxygens (including phenoxy) is 1. The van der Waals surface area contributed by atoms with Crippen LogP contribution in [0, 0.1) is 0 Å². The van der Waals surface area contributed by atoms with Gasteiger partial charge in [0.15, 0.2) is 0 Å². The van der Waals surface area contributed by atoms with Crippen molar-refractivity contribution in [2.24, 2.45) is 0 Å². The van der Waals surface area contributed by atoms with E-state index in [0.29, 0.717) is 11.5 Å². The molecular formula is C20H24N2O5. The molecule has 1 atom stereocenters. The van der Waals surface area contributed by atoms with Crippen LogP contribution < -0.4 is 4.74 Å². The minimum atomic E-state index is -1.10. The van der Waals surface area contributed by atoms with Crippen molar-refractivity contribution in [3.8, 4) is 5.75 Å². The monoisotopic (exact) mass is 372 g/mol. The van der Waals surface area contributed by atoms with Crippen molar-refractivity contribution < 1.29 is 23.8 Å². The molecule has 1 aromatic carbocycles. The van der Waals surface area contributed by atoms with Crippen molar-refractivity contribution in [1.29, 1.82) is 0 Å². The van der Waals surface area contributed by atoms with E-state index in [9.17, 15) is 9.59 Å². The van der Waals surface area contributed by atoms with Gasteiger partial charge in [-0.05, 0) is 36.2 Å². The highest BCUT2D eigenvalue weighted by molar-refractivity contribution is 5.84. The molecule has 1 aliphatic rings. The third-order valence-electron chi connectivity index (χ3n) is 4.77. The molecule has 0 bridgehead atoms. The molecule has 1 N–H and O–H groups in total. The van der Waals surface area contributed by atoms with Crippen LogP contribution in [0.25, 0.3) is 0 Å². The maximum atomic E-state index is 12.3. The van der Waals surface area contributed by atoms with E-state index in [4.69, 9.17) is 14.3 Å². The van der Waals surface area contributed by atoms with Crippen LogP contribution in [0.15, 0.2) is 40.8 Å². The highest BCUT2D eigenvalue weighted by atomic mass is 16.5. The molecule has 7 nitrogen and oxygen atoms in total. The summed E-state index contributed by atoms with van der Waals surface area (Å²) in [6.45, 7) is 4.54. The maximum Gasteiger partial charge on any atom is 0.371 e. The second-order valence-corrected chi connectivity index (χ2v) is 6.66. The number of rotatable bonds is 7. The smallest absolute Gasteiger partial charge is 0.371 e. The number of aromatic carboxylic acids is 1. The van der Waals surface area contributed by atoms with Crippen LogP contribution in [-0.2, 0) is 17.9 Å². The molecule has 1 amide bonds. The Morgan fingerprint density at radius 1 is 1.22 bits per heavy atom. The minimum Gasteiger partial charge on any atom is -0.486 e. The number of hydrogen-bond donors (Lipinski definition) is 1. The summed E-state index contributed by atoms with van der Waals surface area (Å²) >= 11 is 0. The van der Waals surface area contributed by atoms with Crippen molar-refractivity contribution in [3.63, 3.8) is 0 Å². The van der Waals surface area contributed by atoms with Gasteiger partial charge in [0.25, 0.3) is 0 Å². The van der Waals surface area contributed by atoms with E-state index in [1.54, 1.807) is 11.0 Å². The Bertz CT molecular complexity index is 799. The summed E-state index contributed by atoms with van der Waals surface area (Å²) in [5, 5.41) is 8.85. The number of piperazine rings is 1. The predicted octanol–water partition coefficient (Wildman–Crippen LogP) is 2.61. The first-order chi connectivity index (χ1) is 13.0. The van der Waals surface area contributed by atoms with Crippen LogP contribution >= 0.6 is 0 Å². The van der Waals surface area contributed by atoms with Gasteiger partial charge in [-0.1, -0.05) is 19.1 Å². The molecule has 0 saturated carbocycles. The number of carbonyl (C=O) groups excluding carboxylic acids is 1. The van der Waals surface area contributed by atoms with Crippen LogP contribution in [0.5, 0.6) is 5.75 Å². The van der Waals surface area contributed by atoms with E-state index in [0.717, 1.165) is 31.6 Å². The van der Waals surface area contributed by atoms with Gasteiger partial charge in [-0.15, -0.1) is 0 Å². The van der Waals surface area contributed by atoms with E-state index < -0.39 is 5.97 Å². The van der Waals surface area contributed by atoms with Gasteiger partial charge in [0, 0.05) is 26.7 Å². The van der Waals surface area contributed by atoms with Crippen molar-refractivity contribution in [1.82, 2.24) is 9.80 Å². The van der Waals surface area contributed by atoms with Crippen LogP contribution in [0.2, 0.25) is 0 Å². The number of nitrogens with zero attached hydrogens (tertiary/aromatic N) is 2. The van der Waals surface area contributed by atoms with Crippen LogP contribution in [0.3, 0.4) is 0 Å². The molecule has 0 unspecified atom stereocenters. The summed E-state index contributed by atoms with van der Waals surface area (Å²) in [5.74, 6) is 0.115. The second kappa shape index (κ2) is 8.26. The minimum absolute atomic E-state index is 0.0675. The molecule has 3 rings (SSSR count). The van der Waals surface area contributed by atoms with Crippen molar-refractivity contribution >= 4 is 11.9 Å². The molecule has 1 aromatic heterocycles. The number of likely N-dealkylation sites (N-methyl/N-ethyl adjacent to an activating group) is 1. The zero-order valence-corrected chi connectivity index (χ0v) is 15.6. The van der Waals surface area contributed by atoms with Gasteiger partial charge in [-0.25, -0.2) is 4.79 Å². The Labute approximate surface area is 158 Å². The Hall–Kier alpha value is -2.80. The molecule has 0 radical (unpaired) electrons. The normalized spacial score (nSPS) is 17.9. The van der Waals surface area contributed by atoms with E-state index in [1.165, 1.54) is 6.07 Å². The number of furan rings is 1. The fourth-order valence-corrected chi connectivity index (χ4v) is 3.23. The van der Waals surface area contributed by atoms with Gasteiger partial charge < -0.3 is 19.2 Å². The summed E-state index contributed by atoms with van der Waals surface area (Å²) in [5.41, 5.74) is 1.12. The molecule has 2 aromatic rings. The average molecular weight is 372 g/mol. The van der Waals surface area contributed by atoms with Crippen molar-refractivity contribution in [3.05, 3.63) is 53.5 Å². The van der Waals surface area contributed by atoms with Gasteiger partial charge in [0.1, 0.15) is 18.1 Å². The van der Waals surface area contributed by atoms with E-state index in [2.05, 4.69) is 4.90 Å². The van der Waals surface area contributed by atoms with Gasteiger partial charge in [-0.3, -0.25) is 9.69 Å². The first-order valence-corrected chi connectivity index (χ1v) is 9.00. The number of hydrogen-bond acceptors (Lipinski definition) is 5. The standard InChI is InChI=1S/C20H24N2O5/c1-3-17-19(23)21(2)10-11-22(17)12-14-4-6-15(7-5-14)26-13-16-8-9-18(27-16)20(24)25/h4-9,17H,3,10-13H2,1-2H3,(H,24,25)/t17-/m1/s1. The number of carboxylic acid groups (broad SMARTS) is 1. The molecule has 0 aliphatic carbocycles. The molecule has 2 heterocycles. The number of amides is 1. The molecule has 1 fully saturated rings. The fraction of sp³-hybridized carbons (Fsp3) is 0.400. The summed E-state index contributed by atoms with van der Waals surface area (Å²) in [4.78, 5) is 27.1. The highest BCUT2D eigenvalue weighted by Gasteiger charge is 2.31. The Morgan fingerprint density at radius 3 is 2.59 bits per heavy atom. The SMILES string of the molecule is CC[C@@H]1C(=O)N(C)CCN1Cc1ccc(OCc2ccc(C(=O)O)o2)cc1. The quantitative estimate of drug-likeness (QED) is 0.804. The molecular weight excluding hydrogens is 348 g/mol.